The number of hydrogen-bond acceptors (Lipinski definition) is 4. The summed E-state index contributed by atoms with van der Waals surface area (Å²) in [5.41, 5.74) is 1.67. The number of nitrogens with one attached hydrogen (secondary N) is 1. The zero-order valence-corrected chi connectivity index (χ0v) is 22.1. The average Bonchev–Trinajstić information content (AvgIpc) is 2.87. The van der Waals surface area contributed by atoms with Crippen molar-refractivity contribution in [3.63, 3.8) is 0 Å². The van der Waals surface area contributed by atoms with Crippen LogP contribution in [0.1, 0.15) is 25.0 Å². The van der Waals surface area contributed by atoms with E-state index in [9.17, 15) is 9.59 Å². The van der Waals surface area contributed by atoms with E-state index in [1.807, 2.05) is 50.2 Å². The topological polar surface area (TPSA) is 67.9 Å². The number of rotatable bonds is 11. The van der Waals surface area contributed by atoms with Crippen LogP contribution in [0.2, 0.25) is 10.0 Å². The van der Waals surface area contributed by atoms with E-state index in [1.165, 1.54) is 12.0 Å². The predicted molar refractivity (Wildman–Crippen MR) is 143 cm³/mol. The molecule has 0 bridgehead atoms. The number of para-hydroxylation sites is 2. The second kappa shape index (κ2) is 13.2. The standard InChI is InChI=1S/C28H30Cl2N2O4/c1-19(2)31-28(34)24(16-20-9-5-4-6-10-20)32(17-21-13-14-22(29)23(30)15-21)27(33)18-36-26-12-8-7-11-25(26)35-3/h4-15,19,24H,16-18H2,1-3H3,(H,31,34)/t24-/m0/s1. The molecule has 0 fully saturated rings. The maximum absolute atomic E-state index is 13.6. The largest absolute Gasteiger partial charge is 0.493 e. The molecule has 2 amide bonds. The van der Waals surface area contributed by atoms with Crippen LogP contribution in [-0.2, 0) is 22.6 Å². The summed E-state index contributed by atoms with van der Waals surface area (Å²) in [6, 6.07) is 21.0. The second-order valence-corrected chi connectivity index (χ2v) is 9.39. The number of ether oxygens (including phenoxy) is 2. The van der Waals surface area contributed by atoms with Gasteiger partial charge in [0.2, 0.25) is 5.91 Å². The number of carbonyl (C=O) groups is 2. The summed E-state index contributed by atoms with van der Waals surface area (Å²) in [5.74, 6) is 0.347. The van der Waals surface area contributed by atoms with Gasteiger partial charge in [-0.15, -0.1) is 0 Å². The van der Waals surface area contributed by atoms with E-state index in [0.717, 1.165) is 11.1 Å². The van der Waals surface area contributed by atoms with E-state index < -0.39 is 6.04 Å². The minimum Gasteiger partial charge on any atom is -0.493 e. The fraction of sp³-hybridized carbons (Fsp3) is 0.286. The summed E-state index contributed by atoms with van der Waals surface area (Å²) in [6.45, 7) is 3.64. The molecule has 0 radical (unpaired) electrons. The minimum atomic E-state index is -0.780. The highest BCUT2D eigenvalue weighted by Gasteiger charge is 2.31. The summed E-state index contributed by atoms with van der Waals surface area (Å²) < 4.78 is 11.1. The fourth-order valence-electron chi connectivity index (χ4n) is 3.73. The molecule has 0 saturated heterocycles. The third kappa shape index (κ3) is 7.64. The van der Waals surface area contributed by atoms with Gasteiger partial charge < -0.3 is 19.7 Å². The molecular weight excluding hydrogens is 499 g/mol. The molecule has 0 spiro atoms. The molecule has 0 heterocycles. The van der Waals surface area contributed by atoms with Gasteiger partial charge in [-0.3, -0.25) is 9.59 Å². The Morgan fingerprint density at radius 2 is 1.56 bits per heavy atom. The Morgan fingerprint density at radius 1 is 0.889 bits per heavy atom. The zero-order valence-electron chi connectivity index (χ0n) is 20.5. The van der Waals surface area contributed by atoms with Gasteiger partial charge in [0, 0.05) is 19.0 Å². The maximum Gasteiger partial charge on any atom is 0.261 e. The second-order valence-electron chi connectivity index (χ2n) is 8.58. The van der Waals surface area contributed by atoms with Crippen molar-refractivity contribution < 1.29 is 19.1 Å². The van der Waals surface area contributed by atoms with Crippen molar-refractivity contribution in [3.8, 4) is 11.5 Å². The molecule has 0 saturated carbocycles. The molecule has 1 atom stereocenters. The van der Waals surface area contributed by atoms with Crippen molar-refractivity contribution in [3.05, 3.63) is 94.0 Å². The average molecular weight is 529 g/mol. The van der Waals surface area contributed by atoms with Crippen molar-refractivity contribution in [2.75, 3.05) is 13.7 Å². The summed E-state index contributed by atoms with van der Waals surface area (Å²) >= 11 is 12.3. The van der Waals surface area contributed by atoms with E-state index in [4.69, 9.17) is 32.7 Å². The number of nitrogens with zero attached hydrogens (tertiary/aromatic N) is 1. The van der Waals surface area contributed by atoms with Crippen molar-refractivity contribution in [2.45, 2.75) is 38.9 Å². The molecule has 8 heteroatoms. The van der Waals surface area contributed by atoms with E-state index in [-0.39, 0.29) is 31.0 Å². The van der Waals surface area contributed by atoms with Gasteiger partial charge in [0.15, 0.2) is 18.1 Å². The van der Waals surface area contributed by atoms with Crippen LogP contribution < -0.4 is 14.8 Å². The molecule has 190 valence electrons. The molecule has 1 N–H and O–H groups in total. The molecule has 0 unspecified atom stereocenters. The van der Waals surface area contributed by atoms with Crippen LogP contribution in [0, 0.1) is 0 Å². The van der Waals surface area contributed by atoms with Crippen LogP contribution in [0.3, 0.4) is 0 Å². The van der Waals surface area contributed by atoms with Crippen LogP contribution in [0.4, 0.5) is 0 Å². The Labute approximate surface area is 222 Å². The van der Waals surface area contributed by atoms with Crippen molar-refractivity contribution in [1.82, 2.24) is 10.2 Å². The van der Waals surface area contributed by atoms with Crippen molar-refractivity contribution in [2.24, 2.45) is 0 Å². The first kappa shape index (κ1) is 27.4. The Bertz CT molecular complexity index is 1170. The quantitative estimate of drug-likeness (QED) is 0.354. The lowest BCUT2D eigenvalue weighted by molar-refractivity contribution is -0.143. The predicted octanol–water partition coefficient (Wildman–Crippen LogP) is 5.55. The van der Waals surface area contributed by atoms with Gasteiger partial charge in [-0.2, -0.15) is 0 Å². The highest BCUT2D eigenvalue weighted by molar-refractivity contribution is 6.42. The van der Waals surface area contributed by atoms with Crippen LogP contribution in [0.15, 0.2) is 72.8 Å². The fourth-order valence-corrected chi connectivity index (χ4v) is 4.05. The number of amides is 2. The minimum absolute atomic E-state index is 0.0949. The Hall–Kier alpha value is -3.22. The summed E-state index contributed by atoms with van der Waals surface area (Å²) in [6.07, 6.45) is 0.334. The summed E-state index contributed by atoms with van der Waals surface area (Å²) in [4.78, 5) is 28.5. The SMILES string of the molecule is COc1ccccc1OCC(=O)N(Cc1ccc(Cl)c(Cl)c1)[C@@H](Cc1ccccc1)C(=O)NC(C)C. The molecule has 3 aromatic carbocycles. The van der Waals surface area contributed by atoms with E-state index >= 15 is 0 Å². The first-order valence-corrected chi connectivity index (χ1v) is 12.4. The Kier molecular flexibility index (Phi) is 10.0. The normalized spacial score (nSPS) is 11.6. The van der Waals surface area contributed by atoms with E-state index in [0.29, 0.717) is 28.0 Å². The first-order chi connectivity index (χ1) is 17.3. The Balaban J connectivity index is 1.94. The molecule has 0 aliphatic heterocycles. The van der Waals surface area contributed by atoms with Gasteiger partial charge in [0.25, 0.3) is 5.91 Å². The number of methoxy groups -OCH3 is 1. The highest BCUT2D eigenvalue weighted by atomic mass is 35.5. The lowest BCUT2D eigenvalue weighted by Gasteiger charge is -2.32. The van der Waals surface area contributed by atoms with Crippen molar-refractivity contribution in [1.29, 1.82) is 0 Å². The molecular formula is C28H30Cl2N2O4. The lowest BCUT2D eigenvalue weighted by Crippen LogP contribution is -2.52. The molecule has 3 aromatic rings. The number of halogens is 2. The van der Waals surface area contributed by atoms with Gasteiger partial charge in [-0.25, -0.2) is 0 Å². The van der Waals surface area contributed by atoms with Crippen molar-refractivity contribution >= 4 is 35.0 Å². The summed E-state index contributed by atoms with van der Waals surface area (Å²) in [7, 11) is 1.53. The number of hydrogen-bond donors (Lipinski definition) is 1. The molecule has 3 rings (SSSR count). The zero-order chi connectivity index (χ0) is 26.1. The van der Waals surface area contributed by atoms with Gasteiger partial charge >= 0.3 is 0 Å². The van der Waals surface area contributed by atoms with E-state index in [2.05, 4.69) is 5.32 Å². The maximum atomic E-state index is 13.6. The Morgan fingerprint density at radius 3 is 2.19 bits per heavy atom. The summed E-state index contributed by atoms with van der Waals surface area (Å²) in [5, 5.41) is 3.74. The van der Waals surface area contributed by atoms with Gasteiger partial charge in [0.05, 0.1) is 17.2 Å². The third-order valence-corrected chi connectivity index (χ3v) is 6.20. The monoisotopic (exact) mass is 528 g/mol. The van der Waals surface area contributed by atoms with Gasteiger partial charge in [-0.1, -0.05) is 71.7 Å². The third-order valence-electron chi connectivity index (χ3n) is 5.46. The number of carbonyl (C=O) groups excluding carboxylic acids is 2. The van der Waals surface area contributed by atoms with Crippen LogP contribution >= 0.6 is 23.2 Å². The highest BCUT2D eigenvalue weighted by Crippen LogP contribution is 2.27. The smallest absolute Gasteiger partial charge is 0.261 e. The van der Waals surface area contributed by atoms with Crippen LogP contribution in [0.5, 0.6) is 11.5 Å². The van der Waals surface area contributed by atoms with Crippen LogP contribution in [0.25, 0.3) is 0 Å². The molecule has 36 heavy (non-hydrogen) atoms. The van der Waals surface area contributed by atoms with Crippen LogP contribution in [-0.4, -0.2) is 42.5 Å². The molecule has 0 aliphatic rings. The number of benzene rings is 3. The first-order valence-electron chi connectivity index (χ1n) is 11.6. The van der Waals surface area contributed by atoms with Gasteiger partial charge in [-0.05, 0) is 49.2 Å². The lowest BCUT2D eigenvalue weighted by atomic mass is 10.0. The van der Waals surface area contributed by atoms with Gasteiger partial charge in [0.1, 0.15) is 6.04 Å². The van der Waals surface area contributed by atoms with E-state index in [1.54, 1.807) is 36.4 Å². The molecule has 6 nitrogen and oxygen atoms in total. The molecule has 0 aromatic heterocycles. The molecule has 0 aliphatic carbocycles.